The molecule has 0 amide bonds. The van der Waals surface area contributed by atoms with Gasteiger partial charge in [-0.2, -0.15) is 5.10 Å². The summed E-state index contributed by atoms with van der Waals surface area (Å²) < 4.78 is 29.5. The van der Waals surface area contributed by atoms with Crippen molar-refractivity contribution >= 4 is 11.5 Å². The van der Waals surface area contributed by atoms with Crippen LogP contribution >= 0.6 is 0 Å². The highest BCUT2D eigenvalue weighted by molar-refractivity contribution is 6.15. The molecule has 0 saturated carbocycles. The van der Waals surface area contributed by atoms with Crippen LogP contribution in [0, 0.1) is 5.82 Å². The molecule has 3 aromatic rings. The lowest BCUT2D eigenvalue weighted by atomic mass is 9.96. The number of aliphatic imine (C=N–C) groups is 1. The molecule has 0 radical (unpaired) electrons. The van der Waals surface area contributed by atoms with E-state index in [1.807, 2.05) is 36.3 Å². The first-order valence-electron chi connectivity index (χ1n) is 8.80. The van der Waals surface area contributed by atoms with Crippen LogP contribution in [0.4, 0.5) is 14.6 Å². The van der Waals surface area contributed by atoms with E-state index >= 15 is 0 Å². The highest BCUT2D eigenvalue weighted by Crippen LogP contribution is 2.32. The maximum atomic E-state index is 14.7. The van der Waals surface area contributed by atoms with Crippen LogP contribution in [0.15, 0.2) is 47.8 Å². The molecular formula is C20H17F2N5. The van der Waals surface area contributed by atoms with Crippen molar-refractivity contribution in [1.29, 1.82) is 0 Å². The quantitative estimate of drug-likeness (QED) is 0.716. The van der Waals surface area contributed by atoms with E-state index in [1.54, 1.807) is 17.1 Å². The summed E-state index contributed by atoms with van der Waals surface area (Å²) in [5.41, 5.74) is 4.63. The Labute approximate surface area is 155 Å². The summed E-state index contributed by atoms with van der Waals surface area (Å²) in [6.45, 7) is 1.04. The maximum Gasteiger partial charge on any atom is 0.135 e. The van der Waals surface area contributed by atoms with Gasteiger partial charge in [0.15, 0.2) is 0 Å². The summed E-state index contributed by atoms with van der Waals surface area (Å²) in [5.74, 6) is 0.462. The minimum atomic E-state index is -0.795. The number of hydrogen-bond acceptors (Lipinski definition) is 4. The Morgan fingerprint density at radius 2 is 1.96 bits per heavy atom. The van der Waals surface area contributed by atoms with Gasteiger partial charge in [0, 0.05) is 41.7 Å². The number of fused-ring (bicyclic) bond motifs is 1. The van der Waals surface area contributed by atoms with E-state index in [0.29, 0.717) is 25.2 Å². The van der Waals surface area contributed by atoms with Crippen LogP contribution < -0.4 is 4.90 Å². The Kier molecular flexibility index (Phi) is 3.56. The van der Waals surface area contributed by atoms with Crippen molar-refractivity contribution in [3.05, 3.63) is 65.4 Å². The molecule has 1 aromatic carbocycles. The van der Waals surface area contributed by atoms with Gasteiger partial charge in [-0.15, -0.1) is 0 Å². The fourth-order valence-corrected chi connectivity index (χ4v) is 3.59. The van der Waals surface area contributed by atoms with E-state index in [-0.39, 0.29) is 5.82 Å². The molecule has 5 rings (SSSR count). The van der Waals surface area contributed by atoms with Crippen molar-refractivity contribution in [2.75, 3.05) is 18.0 Å². The Morgan fingerprint density at radius 3 is 2.70 bits per heavy atom. The van der Waals surface area contributed by atoms with E-state index in [9.17, 15) is 8.78 Å². The fourth-order valence-electron chi connectivity index (χ4n) is 3.59. The Bertz CT molecular complexity index is 1070. The smallest absolute Gasteiger partial charge is 0.135 e. The van der Waals surface area contributed by atoms with Crippen LogP contribution in [-0.2, 0) is 13.6 Å². The molecule has 0 bridgehead atoms. The van der Waals surface area contributed by atoms with Crippen LogP contribution in [0.5, 0.6) is 0 Å². The Morgan fingerprint density at radius 1 is 1.11 bits per heavy atom. The lowest BCUT2D eigenvalue weighted by molar-refractivity contribution is 0.273. The lowest BCUT2D eigenvalue weighted by Crippen LogP contribution is -2.48. The van der Waals surface area contributed by atoms with E-state index in [0.717, 1.165) is 33.8 Å². The molecule has 136 valence electrons. The third-order valence-corrected chi connectivity index (χ3v) is 5.06. The van der Waals surface area contributed by atoms with Crippen molar-refractivity contribution in [2.24, 2.45) is 12.0 Å². The molecule has 0 unspecified atom stereocenters. The fraction of sp³-hybridized carbons (Fsp3) is 0.250. The molecule has 0 aliphatic carbocycles. The number of rotatable bonds is 3. The van der Waals surface area contributed by atoms with Crippen molar-refractivity contribution in [3.8, 4) is 11.1 Å². The number of hydrogen-bond donors (Lipinski definition) is 0. The van der Waals surface area contributed by atoms with Gasteiger partial charge in [0.1, 0.15) is 17.8 Å². The minimum absolute atomic E-state index is 0.262. The van der Waals surface area contributed by atoms with Crippen LogP contribution in [0.2, 0.25) is 0 Å². The molecule has 27 heavy (non-hydrogen) atoms. The molecule has 2 aliphatic heterocycles. The van der Waals surface area contributed by atoms with Gasteiger partial charge in [-0.1, -0.05) is 0 Å². The average Bonchev–Trinajstić information content (AvgIpc) is 3.25. The van der Waals surface area contributed by atoms with Gasteiger partial charge in [0.05, 0.1) is 31.5 Å². The standard InChI is InChI=1S/C20H17F2N5/c1-26-9-14(7-25-26)13-4-16-17(18(22)5-13)8-24-20(16)12-2-3-23-19(6-12)27-10-15(21)11-27/h2-7,9,15H,8,10-11H2,1H3. The summed E-state index contributed by atoms with van der Waals surface area (Å²) in [4.78, 5) is 10.8. The number of halogens is 2. The highest BCUT2D eigenvalue weighted by atomic mass is 19.1. The zero-order valence-electron chi connectivity index (χ0n) is 14.7. The molecule has 2 aromatic heterocycles. The molecule has 0 spiro atoms. The van der Waals surface area contributed by atoms with E-state index in [2.05, 4.69) is 15.1 Å². The van der Waals surface area contributed by atoms with Crippen LogP contribution in [0.1, 0.15) is 16.7 Å². The average molecular weight is 365 g/mol. The Hall–Kier alpha value is -3.09. The van der Waals surface area contributed by atoms with Gasteiger partial charge in [0.25, 0.3) is 0 Å². The third kappa shape index (κ3) is 2.70. The molecule has 0 N–H and O–H groups in total. The van der Waals surface area contributed by atoms with Gasteiger partial charge >= 0.3 is 0 Å². The molecule has 2 aliphatic rings. The highest BCUT2D eigenvalue weighted by Gasteiger charge is 2.28. The maximum absolute atomic E-state index is 14.7. The van der Waals surface area contributed by atoms with E-state index < -0.39 is 6.17 Å². The second-order valence-corrected chi connectivity index (χ2v) is 6.96. The predicted octanol–water partition coefficient (Wildman–Crippen LogP) is 3.13. The number of aryl methyl sites for hydroxylation is 1. The predicted molar refractivity (Wildman–Crippen MR) is 99.3 cm³/mol. The molecule has 0 atom stereocenters. The van der Waals surface area contributed by atoms with E-state index in [1.165, 1.54) is 6.07 Å². The van der Waals surface area contributed by atoms with E-state index in [4.69, 9.17) is 0 Å². The SMILES string of the molecule is Cn1cc(-c2cc(F)c3c(c2)C(c2ccnc(N4CC(F)C4)c2)=NC3)cn1. The first-order valence-corrected chi connectivity index (χ1v) is 8.80. The van der Waals surface area contributed by atoms with Gasteiger partial charge in [-0.3, -0.25) is 9.67 Å². The van der Waals surface area contributed by atoms with Crippen molar-refractivity contribution < 1.29 is 8.78 Å². The molecule has 1 saturated heterocycles. The summed E-state index contributed by atoms with van der Waals surface area (Å²) in [5, 5.41) is 4.17. The largest absolute Gasteiger partial charge is 0.351 e. The number of pyridine rings is 1. The number of alkyl halides is 1. The van der Waals surface area contributed by atoms with Crippen molar-refractivity contribution in [3.63, 3.8) is 0 Å². The van der Waals surface area contributed by atoms with Crippen LogP contribution in [0.3, 0.4) is 0 Å². The van der Waals surface area contributed by atoms with Gasteiger partial charge in [0.2, 0.25) is 0 Å². The summed E-state index contributed by atoms with van der Waals surface area (Å²) in [7, 11) is 1.83. The summed E-state index contributed by atoms with van der Waals surface area (Å²) in [6, 6.07) is 7.25. The molecule has 4 heterocycles. The second kappa shape index (κ2) is 5.97. The summed E-state index contributed by atoms with van der Waals surface area (Å²) >= 11 is 0. The monoisotopic (exact) mass is 365 g/mol. The van der Waals surface area contributed by atoms with Crippen LogP contribution in [0.25, 0.3) is 11.1 Å². The first kappa shape index (κ1) is 16.1. The molecular weight excluding hydrogens is 348 g/mol. The topological polar surface area (TPSA) is 46.3 Å². The molecule has 1 fully saturated rings. The van der Waals surface area contributed by atoms with Gasteiger partial charge < -0.3 is 4.90 Å². The van der Waals surface area contributed by atoms with Crippen molar-refractivity contribution in [1.82, 2.24) is 14.8 Å². The number of nitrogens with zero attached hydrogens (tertiary/aromatic N) is 5. The Balaban J connectivity index is 1.54. The van der Waals surface area contributed by atoms with Crippen molar-refractivity contribution in [2.45, 2.75) is 12.7 Å². The van der Waals surface area contributed by atoms with Crippen LogP contribution in [-0.4, -0.2) is 39.7 Å². The number of anilines is 1. The number of benzene rings is 1. The zero-order chi connectivity index (χ0) is 18.5. The number of aromatic nitrogens is 3. The minimum Gasteiger partial charge on any atom is -0.351 e. The molecule has 5 nitrogen and oxygen atoms in total. The molecule has 7 heteroatoms. The first-order chi connectivity index (χ1) is 13.1. The van der Waals surface area contributed by atoms with Gasteiger partial charge in [-0.25, -0.2) is 13.8 Å². The lowest BCUT2D eigenvalue weighted by Gasteiger charge is -2.35. The second-order valence-electron chi connectivity index (χ2n) is 6.96. The zero-order valence-corrected chi connectivity index (χ0v) is 14.7. The van der Waals surface area contributed by atoms with Gasteiger partial charge in [-0.05, 0) is 29.8 Å². The summed E-state index contributed by atoms with van der Waals surface area (Å²) in [6.07, 6.45) is 4.47. The third-order valence-electron chi connectivity index (χ3n) is 5.06. The normalized spacial score (nSPS) is 16.3.